The van der Waals surface area contributed by atoms with Crippen molar-refractivity contribution in [1.82, 2.24) is 0 Å². The molecule has 0 spiro atoms. The van der Waals surface area contributed by atoms with E-state index in [1.54, 1.807) is 0 Å². The third-order valence-electron chi connectivity index (χ3n) is 0. The summed E-state index contributed by atoms with van der Waals surface area (Å²) in [5.74, 6) is 0. The van der Waals surface area contributed by atoms with Crippen molar-refractivity contribution in [3.8, 4) is 0 Å². The maximum atomic E-state index is 0. The van der Waals surface area contributed by atoms with Crippen molar-refractivity contribution < 1.29 is 37.3 Å². The molecule has 0 bridgehead atoms. The van der Waals surface area contributed by atoms with Crippen molar-refractivity contribution >= 4 is 65.3 Å². The Morgan fingerprint density at radius 2 is 0.833 bits per heavy atom. The Bertz CT molecular complexity index is 19.0. The second kappa shape index (κ2) is 50.6. The summed E-state index contributed by atoms with van der Waals surface area (Å²) in [6.45, 7) is 0. The number of hydrogen-bond acceptors (Lipinski definition) is 0. The number of halogens is 3. The predicted octanol–water partition coefficient (Wildman–Crippen LogP) is -12.4. The van der Waals surface area contributed by atoms with Gasteiger partial charge in [0, 0.05) is 0 Å². The molecule has 0 nitrogen and oxygen atoms in total. The van der Waals surface area contributed by atoms with Crippen LogP contribution in [0.15, 0.2) is 0 Å². The summed E-state index contributed by atoms with van der Waals surface area (Å²) in [4.78, 5) is 0. The summed E-state index contributed by atoms with van der Waals surface area (Å²) in [7, 11) is 0. The van der Waals surface area contributed by atoms with Crippen LogP contribution in [-0.2, 0) is 0 Å². The van der Waals surface area contributed by atoms with Gasteiger partial charge in [0.2, 0.25) is 0 Å². The van der Waals surface area contributed by atoms with Gasteiger partial charge in [0.05, 0.1) is 0 Å². The van der Waals surface area contributed by atoms with Crippen LogP contribution in [-0.4, -0.2) is 65.3 Å². The normalized spacial score (nSPS) is 0. The van der Waals surface area contributed by atoms with E-state index in [-0.39, 0.29) is 103 Å². The van der Waals surface area contributed by atoms with E-state index in [0.29, 0.717) is 0 Å². The third kappa shape index (κ3) is 31.4. The van der Waals surface area contributed by atoms with E-state index in [1.165, 1.54) is 0 Å². The first-order chi connectivity index (χ1) is 0. The van der Waals surface area contributed by atoms with Gasteiger partial charge in [0.15, 0.2) is 0 Å². The molecule has 30 valence electrons. The van der Waals surface area contributed by atoms with Gasteiger partial charge in [-0.1, -0.05) is 0 Å². The molecular formula is H3F3GaLiSr. The average molecular weight is 224 g/mol. The van der Waals surface area contributed by atoms with Gasteiger partial charge >= 0.3 is 84.1 Å². The Morgan fingerprint density at radius 1 is 0.833 bits per heavy atom. The van der Waals surface area contributed by atoms with Gasteiger partial charge in [-0.05, 0) is 0 Å². The van der Waals surface area contributed by atoms with Crippen molar-refractivity contribution in [2.75, 3.05) is 0 Å². The first-order valence-electron chi connectivity index (χ1n) is 0. The van der Waals surface area contributed by atoms with E-state index in [2.05, 4.69) is 0 Å². The summed E-state index contributed by atoms with van der Waals surface area (Å²) in [6.07, 6.45) is 0. The molecule has 0 aliphatic carbocycles. The van der Waals surface area contributed by atoms with Crippen LogP contribution >= 0.6 is 0 Å². The van der Waals surface area contributed by atoms with Crippen molar-refractivity contribution in [1.29, 1.82) is 0 Å². The summed E-state index contributed by atoms with van der Waals surface area (Å²) in [5, 5.41) is 0. The molecule has 0 amide bonds. The Morgan fingerprint density at radius 3 is 0.833 bits per heavy atom. The monoisotopic (exact) mass is 224 g/mol. The molecule has 0 aliphatic rings. The van der Waals surface area contributed by atoms with Gasteiger partial charge in [-0.3, -0.25) is 0 Å². The molecule has 0 radical (unpaired) electrons. The molecular weight excluding hydrogens is 221 g/mol. The second-order valence-corrected chi connectivity index (χ2v) is 0. The van der Waals surface area contributed by atoms with Gasteiger partial charge in [0.25, 0.3) is 0 Å². The maximum Gasteiger partial charge on any atom is 3.00 e. The Kier molecular flexibility index (Phi) is 644. The number of hydrogen-bond donors (Lipinski definition) is 0. The zero-order valence-corrected chi connectivity index (χ0v) is 9.32. The van der Waals surface area contributed by atoms with Crippen LogP contribution in [0.2, 0.25) is 0 Å². The Balaban J connectivity index is 0. The average Bonchev–Trinajstić information content (AvgIpc) is 0. The molecule has 0 unspecified atom stereocenters. The van der Waals surface area contributed by atoms with Crippen LogP contribution in [0.25, 0.3) is 0 Å². The smallest absolute Gasteiger partial charge is 1.00 e. The van der Waals surface area contributed by atoms with E-state index < -0.39 is 0 Å². The maximum absolute atomic E-state index is 0. The molecule has 0 saturated heterocycles. The minimum Gasteiger partial charge on any atom is -1.00 e. The predicted molar refractivity (Wildman–Crippen MR) is 14.8 cm³/mol. The van der Waals surface area contributed by atoms with Crippen LogP contribution < -0.4 is 33.0 Å². The van der Waals surface area contributed by atoms with Crippen molar-refractivity contribution in [2.45, 2.75) is 0 Å². The van der Waals surface area contributed by atoms with Crippen LogP contribution in [0.1, 0.15) is 4.28 Å². The van der Waals surface area contributed by atoms with E-state index in [0.717, 1.165) is 0 Å². The minimum atomic E-state index is 0. The minimum absolute atomic E-state index is 0. The van der Waals surface area contributed by atoms with Crippen LogP contribution in [0.3, 0.4) is 0 Å². The SMILES string of the molecule is [F-].[F-].[F-].[Ga+3].[H-].[H-].[H-].[Li+].[Sr+2]. The molecule has 0 aromatic carbocycles. The van der Waals surface area contributed by atoms with E-state index >= 15 is 0 Å². The van der Waals surface area contributed by atoms with Crippen molar-refractivity contribution in [3.63, 3.8) is 0 Å². The van der Waals surface area contributed by atoms with Gasteiger partial charge in [0.1, 0.15) is 0 Å². The van der Waals surface area contributed by atoms with Crippen molar-refractivity contribution in [2.24, 2.45) is 0 Å². The van der Waals surface area contributed by atoms with Crippen LogP contribution in [0.5, 0.6) is 0 Å². The molecule has 0 fully saturated rings. The van der Waals surface area contributed by atoms with Gasteiger partial charge in [-0.15, -0.1) is 0 Å². The van der Waals surface area contributed by atoms with Crippen LogP contribution in [0, 0.1) is 0 Å². The fourth-order valence-corrected chi connectivity index (χ4v) is 0. The first-order valence-corrected chi connectivity index (χ1v) is 0. The molecule has 0 heterocycles. The first kappa shape index (κ1) is 76.4. The number of rotatable bonds is 0. The molecule has 0 rings (SSSR count). The fraction of sp³-hybridized carbons (Fsp3) is 0. The molecule has 6 heavy (non-hydrogen) atoms. The third-order valence-corrected chi connectivity index (χ3v) is 0. The topological polar surface area (TPSA) is 0 Å². The van der Waals surface area contributed by atoms with E-state index in [9.17, 15) is 0 Å². The summed E-state index contributed by atoms with van der Waals surface area (Å²) in [5.41, 5.74) is 0. The van der Waals surface area contributed by atoms with E-state index in [1.807, 2.05) is 0 Å². The Hall–Kier alpha value is 2.50. The van der Waals surface area contributed by atoms with Crippen LogP contribution in [0.4, 0.5) is 0 Å². The molecule has 0 atom stereocenters. The Labute approximate surface area is 101 Å². The fourth-order valence-electron chi connectivity index (χ4n) is 0. The largest absolute Gasteiger partial charge is 3.00 e. The molecule has 0 aromatic rings. The summed E-state index contributed by atoms with van der Waals surface area (Å²) < 4.78 is 0. The molecule has 0 saturated carbocycles. The zero-order valence-electron chi connectivity index (χ0n) is 6.42. The summed E-state index contributed by atoms with van der Waals surface area (Å²) >= 11 is 0. The second-order valence-electron chi connectivity index (χ2n) is 0. The molecule has 0 N–H and O–H groups in total. The van der Waals surface area contributed by atoms with Crippen molar-refractivity contribution in [3.05, 3.63) is 0 Å². The van der Waals surface area contributed by atoms with Gasteiger partial charge in [-0.2, -0.15) is 0 Å². The van der Waals surface area contributed by atoms with Gasteiger partial charge < -0.3 is 18.4 Å². The molecule has 0 aliphatic heterocycles. The van der Waals surface area contributed by atoms with Gasteiger partial charge in [-0.25, -0.2) is 0 Å². The van der Waals surface area contributed by atoms with E-state index in [4.69, 9.17) is 0 Å². The quantitative estimate of drug-likeness (QED) is 0.359. The zero-order chi connectivity index (χ0) is 0. The molecule has 0 aromatic heterocycles. The standard InChI is InChI=1S/3FH.Ga.Li.Sr.3H/h3*1H;;;;;;/q;;;+3;+1;+2;3*-1/p-3. The summed E-state index contributed by atoms with van der Waals surface area (Å²) in [6, 6.07) is 0. The molecule has 6 heteroatoms.